The highest BCUT2D eigenvalue weighted by molar-refractivity contribution is 5.95. The number of hydrogen-bond donors (Lipinski definition) is 1. The number of carbonyl (C=O) groups excluding carboxylic acids is 1. The first-order valence-corrected chi connectivity index (χ1v) is 10.0. The molecule has 1 saturated heterocycles. The Hall–Kier alpha value is -1.50. The Bertz CT molecular complexity index is 618. The van der Waals surface area contributed by atoms with Crippen LogP contribution in [-0.4, -0.2) is 63.9 Å². The lowest BCUT2D eigenvalue weighted by Gasteiger charge is -2.35. The summed E-state index contributed by atoms with van der Waals surface area (Å²) in [6.45, 7) is 3.96. The third-order valence-electron chi connectivity index (χ3n) is 5.29. The van der Waals surface area contributed by atoms with Crippen LogP contribution in [0.5, 0.6) is 11.5 Å². The van der Waals surface area contributed by atoms with Crippen LogP contribution in [0.25, 0.3) is 0 Å². The van der Waals surface area contributed by atoms with Crippen molar-refractivity contribution in [3.63, 3.8) is 0 Å². The summed E-state index contributed by atoms with van der Waals surface area (Å²) >= 11 is 0. The smallest absolute Gasteiger partial charge is 0.254 e. The molecule has 2 fully saturated rings. The number of benzene rings is 1. The molecule has 1 heterocycles. The molecule has 1 aromatic carbocycles. The number of nitrogens with zero attached hydrogens (tertiary/aromatic N) is 1. The minimum absolute atomic E-state index is 0. The van der Waals surface area contributed by atoms with Gasteiger partial charge in [-0.25, -0.2) is 0 Å². The summed E-state index contributed by atoms with van der Waals surface area (Å²) in [5.41, 5.74) is 0.670. The molecular formula is C21H33ClN2O4. The molecule has 28 heavy (non-hydrogen) atoms. The molecule has 0 aromatic heterocycles. The Kier molecular flexibility index (Phi) is 9.35. The van der Waals surface area contributed by atoms with Crippen molar-refractivity contribution >= 4 is 18.3 Å². The van der Waals surface area contributed by atoms with E-state index in [1.54, 1.807) is 14.2 Å². The van der Waals surface area contributed by atoms with E-state index in [-0.39, 0.29) is 24.4 Å². The molecule has 0 unspecified atom stereocenters. The zero-order valence-electron chi connectivity index (χ0n) is 16.9. The van der Waals surface area contributed by atoms with Crippen LogP contribution >= 0.6 is 12.4 Å². The van der Waals surface area contributed by atoms with E-state index in [1.165, 1.54) is 12.8 Å². The first kappa shape index (κ1) is 22.8. The van der Waals surface area contributed by atoms with Gasteiger partial charge in [0.1, 0.15) is 0 Å². The highest BCUT2D eigenvalue weighted by Crippen LogP contribution is 2.33. The third-order valence-corrected chi connectivity index (χ3v) is 5.29. The van der Waals surface area contributed by atoms with Crippen molar-refractivity contribution in [2.75, 3.05) is 47.1 Å². The van der Waals surface area contributed by atoms with Gasteiger partial charge in [0.05, 0.1) is 13.7 Å². The van der Waals surface area contributed by atoms with E-state index in [9.17, 15) is 4.79 Å². The predicted molar refractivity (Wildman–Crippen MR) is 112 cm³/mol. The van der Waals surface area contributed by atoms with E-state index in [0.29, 0.717) is 36.2 Å². The van der Waals surface area contributed by atoms with Crippen LogP contribution in [0, 0.1) is 5.92 Å². The first-order chi connectivity index (χ1) is 13.2. The lowest BCUT2D eigenvalue weighted by Crippen LogP contribution is -2.49. The van der Waals surface area contributed by atoms with Crippen molar-refractivity contribution in [3.8, 4) is 11.5 Å². The summed E-state index contributed by atoms with van der Waals surface area (Å²) in [5, 5.41) is 3.43. The number of rotatable bonds is 10. The number of hydrogen-bond acceptors (Lipinski definition) is 5. The van der Waals surface area contributed by atoms with Crippen molar-refractivity contribution in [1.29, 1.82) is 0 Å². The van der Waals surface area contributed by atoms with Crippen LogP contribution in [0.3, 0.4) is 0 Å². The molecule has 0 radical (unpaired) electrons. The van der Waals surface area contributed by atoms with Gasteiger partial charge < -0.3 is 24.4 Å². The molecule has 7 heteroatoms. The van der Waals surface area contributed by atoms with Crippen molar-refractivity contribution in [2.24, 2.45) is 5.92 Å². The molecule has 1 saturated carbocycles. The summed E-state index contributed by atoms with van der Waals surface area (Å²) in [4.78, 5) is 15.4. The topological polar surface area (TPSA) is 60.0 Å². The van der Waals surface area contributed by atoms with Crippen LogP contribution in [0.2, 0.25) is 0 Å². The molecule has 1 aliphatic heterocycles. The Morgan fingerprint density at radius 3 is 2.64 bits per heavy atom. The number of amides is 1. The Morgan fingerprint density at radius 2 is 2.00 bits per heavy atom. The Labute approximate surface area is 174 Å². The van der Waals surface area contributed by atoms with Crippen molar-refractivity contribution in [1.82, 2.24) is 10.2 Å². The summed E-state index contributed by atoms with van der Waals surface area (Å²) in [6.07, 6.45) is 5.46. The van der Waals surface area contributed by atoms with E-state index < -0.39 is 0 Å². The van der Waals surface area contributed by atoms with Gasteiger partial charge in [-0.3, -0.25) is 4.79 Å². The monoisotopic (exact) mass is 412 g/mol. The zero-order valence-corrected chi connectivity index (χ0v) is 17.8. The van der Waals surface area contributed by atoms with Crippen LogP contribution < -0.4 is 14.8 Å². The van der Waals surface area contributed by atoms with Gasteiger partial charge in [-0.15, -0.1) is 12.4 Å². The average Bonchev–Trinajstić information content (AvgIpc) is 3.54. The van der Waals surface area contributed by atoms with Crippen molar-refractivity contribution in [3.05, 3.63) is 23.8 Å². The molecule has 1 atom stereocenters. The lowest BCUT2D eigenvalue weighted by molar-refractivity contribution is 0.0636. The predicted octanol–water partition coefficient (Wildman–Crippen LogP) is 3.14. The van der Waals surface area contributed by atoms with Crippen LogP contribution in [0.1, 0.15) is 42.5 Å². The molecule has 1 aliphatic carbocycles. The van der Waals surface area contributed by atoms with Crippen LogP contribution in [0.4, 0.5) is 0 Å². The maximum Gasteiger partial charge on any atom is 0.254 e. The number of piperidine rings is 1. The highest BCUT2D eigenvalue weighted by atomic mass is 35.5. The molecule has 3 rings (SSSR count). The van der Waals surface area contributed by atoms with Crippen molar-refractivity contribution in [2.45, 2.75) is 38.1 Å². The summed E-state index contributed by atoms with van der Waals surface area (Å²) in [7, 11) is 3.29. The van der Waals surface area contributed by atoms with Gasteiger partial charge in [-0.2, -0.15) is 0 Å². The SMILES string of the molecule is COCCCOc1cc(C(=O)N(CC2CC2)[C@@H]2CCCNC2)ccc1OC.Cl. The molecule has 0 bridgehead atoms. The maximum atomic E-state index is 13.3. The maximum absolute atomic E-state index is 13.3. The largest absolute Gasteiger partial charge is 0.493 e. The Morgan fingerprint density at radius 1 is 1.18 bits per heavy atom. The fourth-order valence-corrected chi connectivity index (χ4v) is 3.55. The van der Waals surface area contributed by atoms with E-state index in [2.05, 4.69) is 10.2 Å². The minimum atomic E-state index is 0. The van der Waals surface area contributed by atoms with E-state index in [1.807, 2.05) is 18.2 Å². The molecule has 158 valence electrons. The fourth-order valence-electron chi connectivity index (χ4n) is 3.55. The second-order valence-corrected chi connectivity index (χ2v) is 7.46. The molecule has 2 aliphatic rings. The summed E-state index contributed by atoms with van der Waals surface area (Å²) < 4.78 is 16.3. The van der Waals surface area contributed by atoms with Gasteiger partial charge in [0, 0.05) is 44.8 Å². The molecule has 1 aromatic rings. The van der Waals surface area contributed by atoms with E-state index >= 15 is 0 Å². The van der Waals surface area contributed by atoms with Gasteiger partial charge in [0.25, 0.3) is 5.91 Å². The summed E-state index contributed by atoms with van der Waals surface area (Å²) in [5.74, 6) is 2.03. The molecule has 0 spiro atoms. The average molecular weight is 413 g/mol. The molecular weight excluding hydrogens is 380 g/mol. The summed E-state index contributed by atoms with van der Waals surface area (Å²) in [6, 6.07) is 5.77. The number of methoxy groups -OCH3 is 2. The number of nitrogens with one attached hydrogen (secondary N) is 1. The van der Waals surface area contributed by atoms with Gasteiger partial charge in [-0.1, -0.05) is 0 Å². The first-order valence-electron chi connectivity index (χ1n) is 10.0. The van der Waals surface area contributed by atoms with Gasteiger partial charge in [0.15, 0.2) is 11.5 Å². The highest BCUT2D eigenvalue weighted by Gasteiger charge is 2.32. The van der Waals surface area contributed by atoms with Crippen LogP contribution in [-0.2, 0) is 4.74 Å². The van der Waals surface area contributed by atoms with Gasteiger partial charge in [0.2, 0.25) is 0 Å². The van der Waals surface area contributed by atoms with Gasteiger partial charge >= 0.3 is 0 Å². The number of carbonyl (C=O) groups is 1. The van der Waals surface area contributed by atoms with Gasteiger partial charge in [-0.05, 0) is 56.3 Å². The fraction of sp³-hybridized carbons (Fsp3) is 0.667. The Balaban J connectivity index is 0.00000280. The number of ether oxygens (including phenoxy) is 3. The minimum Gasteiger partial charge on any atom is -0.493 e. The second-order valence-electron chi connectivity index (χ2n) is 7.46. The van der Waals surface area contributed by atoms with Crippen LogP contribution in [0.15, 0.2) is 18.2 Å². The molecule has 1 N–H and O–H groups in total. The lowest BCUT2D eigenvalue weighted by atomic mass is 10.0. The zero-order chi connectivity index (χ0) is 19.1. The third kappa shape index (κ3) is 6.26. The second kappa shape index (κ2) is 11.5. The van der Waals surface area contributed by atoms with Crippen molar-refractivity contribution < 1.29 is 19.0 Å². The molecule has 1 amide bonds. The normalized spacial score (nSPS) is 18.9. The van der Waals surface area contributed by atoms with E-state index in [4.69, 9.17) is 14.2 Å². The van der Waals surface area contributed by atoms with E-state index in [0.717, 1.165) is 38.9 Å². The quantitative estimate of drug-likeness (QED) is 0.598. The standard InChI is InChI=1S/C21H32N2O4.ClH/c1-25-11-4-12-27-20-13-17(8-9-19(20)26-2)21(24)23(15-16-6-7-16)18-5-3-10-22-14-18;/h8-9,13,16,18,22H,3-7,10-12,14-15H2,1-2H3;1H/t18-;/m1./s1. The molecule has 6 nitrogen and oxygen atoms in total. The number of halogens is 1.